The van der Waals surface area contributed by atoms with E-state index < -0.39 is 22.9 Å². The quantitative estimate of drug-likeness (QED) is 0.610. The smallest absolute Gasteiger partial charge is 0.283 e. The zero-order chi connectivity index (χ0) is 20.6. The maximum Gasteiger partial charge on any atom is 0.283 e. The van der Waals surface area contributed by atoms with Gasteiger partial charge in [0.2, 0.25) is 0 Å². The van der Waals surface area contributed by atoms with Gasteiger partial charge in [-0.1, -0.05) is 27.7 Å². The van der Waals surface area contributed by atoms with Crippen LogP contribution < -0.4 is 21.8 Å². The molecule has 3 heterocycles. The van der Waals surface area contributed by atoms with Crippen LogP contribution in [0.3, 0.4) is 0 Å². The van der Waals surface area contributed by atoms with Gasteiger partial charge in [-0.15, -0.1) is 0 Å². The molecule has 3 aromatic heterocycles. The Morgan fingerprint density at radius 2 is 1.18 bits per heavy atom. The van der Waals surface area contributed by atoms with Crippen LogP contribution in [0.2, 0.25) is 0 Å². The number of rotatable bonds is 6. The molecule has 0 radical (unpaired) electrons. The van der Waals surface area contributed by atoms with Crippen molar-refractivity contribution in [2.45, 2.75) is 27.7 Å². The third-order valence-corrected chi connectivity index (χ3v) is 4.15. The first kappa shape index (κ1) is 19.5. The molecule has 10 nitrogen and oxygen atoms in total. The second-order valence-corrected chi connectivity index (χ2v) is 7.44. The van der Waals surface area contributed by atoms with Crippen LogP contribution in [0.4, 0.5) is 0 Å². The summed E-state index contributed by atoms with van der Waals surface area (Å²) in [7, 11) is 0. The summed E-state index contributed by atoms with van der Waals surface area (Å²) in [6.07, 6.45) is 2.23. The molecule has 0 bridgehead atoms. The first-order chi connectivity index (χ1) is 13.2. The summed E-state index contributed by atoms with van der Waals surface area (Å²) < 4.78 is 1.98. The highest BCUT2D eigenvalue weighted by molar-refractivity contribution is 6.00. The van der Waals surface area contributed by atoms with E-state index in [0.717, 1.165) is 21.5 Å². The second kappa shape index (κ2) is 7.37. The van der Waals surface area contributed by atoms with E-state index in [4.69, 9.17) is 0 Å². The van der Waals surface area contributed by atoms with Crippen molar-refractivity contribution < 1.29 is 9.59 Å². The van der Waals surface area contributed by atoms with E-state index in [9.17, 15) is 19.2 Å². The standard InChI is InChI=1S/C18H22N6O4/c1-9(2)5-19-15(25)11-13-17(27)24-8-22-12(16(26)20-6-10(3)4)14(24)18(28)23(13)7-21-11/h7-10H,5-6H2,1-4H3,(H,19,25)(H,20,26). The highest BCUT2D eigenvalue weighted by Gasteiger charge is 2.24. The number of amides is 2. The van der Waals surface area contributed by atoms with Crippen LogP contribution in [0.5, 0.6) is 0 Å². The van der Waals surface area contributed by atoms with Gasteiger partial charge >= 0.3 is 0 Å². The third kappa shape index (κ3) is 3.32. The number of nitrogens with one attached hydrogen (secondary N) is 2. The Hall–Kier alpha value is -3.30. The van der Waals surface area contributed by atoms with Crippen molar-refractivity contribution in [2.75, 3.05) is 13.1 Å². The molecule has 0 saturated carbocycles. The Balaban J connectivity index is 2.12. The number of fused-ring (bicyclic) bond motifs is 2. The average molecular weight is 386 g/mol. The SMILES string of the molecule is CC(C)CNC(=O)c1ncn2c(=O)c3c(C(=O)NCC(C)C)ncn3c(=O)c12. The molecule has 0 atom stereocenters. The number of carbonyl (C=O) groups is 2. The lowest BCUT2D eigenvalue weighted by Crippen LogP contribution is -2.32. The minimum atomic E-state index is -0.641. The maximum absolute atomic E-state index is 12.9. The highest BCUT2D eigenvalue weighted by atomic mass is 16.2. The topological polar surface area (TPSA) is 127 Å². The van der Waals surface area contributed by atoms with Gasteiger partial charge in [-0.25, -0.2) is 9.97 Å². The van der Waals surface area contributed by atoms with E-state index in [-0.39, 0.29) is 34.3 Å². The zero-order valence-electron chi connectivity index (χ0n) is 16.1. The minimum Gasteiger partial charge on any atom is -0.350 e. The van der Waals surface area contributed by atoms with Crippen molar-refractivity contribution >= 4 is 22.8 Å². The predicted molar refractivity (Wildman–Crippen MR) is 102 cm³/mol. The summed E-state index contributed by atoms with van der Waals surface area (Å²) in [5, 5.41) is 5.35. The van der Waals surface area contributed by atoms with Crippen LogP contribution in [0.25, 0.3) is 11.0 Å². The van der Waals surface area contributed by atoms with Gasteiger partial charge in [-0.3, -0.25) is 28.0 Å². The molecule has 148 valence electrons. The van der Waals surface area contributed by atoms with E-state index >= 15 is 0 Å². The van der Waals surface area contributed by atoms with Gasteiger partial charge in [-0.2, -0.15) is 0 Å². The molecule has 0 aliphatic carbocycles. The second-order valence-electron chi connectivity index (χ2n) is 7.44. The molecule has 10 heteroatoms. The molecule has 0 spiro atoms. The molecule has 0 aromatic carbocycles. The Morgan fingerprint density at radius 1 is 0.821 bits per heavy atom. The maximum atomic E-state index is 12.9. The molecular weight excluding hydrogens is 364 g/mol. The predicted octanol–water partition coefficient (Wildman–Crippen LogP) is -0.0882. The fourth-order valence-corrected chi connectivity index (χ4v) is 2.74. The number of hydrogen-bond donors (Lipinski definition) is 2. The zero-order valence-corrected chi connectivity index (χ0v) is 16.1. The summed E-state index contributed by atoms with van der Waals surface area (Å²) in [6, 6.07) is 0. The molecule has 2 amide bonds. The van der Waals surface area contributed by atoms with E-state index in [1.807, 2.05) is 27.7 Å². The Morgan fingerprint density at radius 3 is 1.50 bits per heavy atom. The highest BCUT2D eigenvalue weighted by Crippen LogP contribution is 2.08. The van der Waals surface area contributed by atoms with Gasteiger partial charge in [0.05, 0.1) is 0 Å². The summed E-state index contributed by atoms with van der Waals surface area (Å²) in [4.78, 5) is 58.4. The van der Waals surface area contributed by atoms with Crippen molar-refractivity contribution in [3.63, 3.8) is 0 Å². The van der Waals surface area contributed by atoms with E-state index in [1.165, 1.54) is 0 Å². The molecule has 0 aliphatic rings. The van der Waals surface area contributed by atoms with Gasteiger partial charge in [0.15, 0.2) is 11.4 Å². The fraction of sp³-hybridized carbons (Fsp3) is 0.444. The van der Waals surface area contributed by atoms with Gasteiger partial charge in [0.25, 0.3) is 22.9 Å². The molecule has 3 aromatic rings. The molecule has 0 fully saturated rings. The molecule has 28 heavy (non-hydrogen) atoms. The van der Waals surface area contributed by atoms with Crippen LogP contribution in [0.1, 0.15) is 48.7 Å². The molecule has 0 unspecified atom stereocenters. The van der Waals surface area contributed by atoms with Crippen molar-refractivity contribution in [3.8, 4) is 0 Å². The van der Waals surface area contributed by atoms with Crippen molar-refractivity contribution in [2.24, 2.45) is 11.8 Å². The van der Waals surface area contributed by atoms with Gasteiger partial charge in [0.1, 0.15) is 23.7 Å². The Kier molecular flexibility index (Phi) is 5.12. The third-order valence-electron chi connectivity index (χ3n) is 4.15. The van der Waals surface area contributed by atoms with Gasteiger partial charge in [0, 0.05) is 13.1 Å². The number of carbonyl (C=O) groups excluding carboxylic acids is 2. The van der Waals surface area contributed by atoms with Gasteiger partial charge in [-0.05, 0) is 11.8 Å². The summed E-state index contributed by atoms with van der Waals surface area (Å²) in [6.45, 7) is 8.54. The van der Waals surface area contributed by atoms with Crippen LogP contribution in [0, 0.1) is 11.8 Å². The number of nitrogens with zero attached hydrogens (tertiary/aromatic N) is 4. The van der Waals surface area contributed by atoms with Crippen molar-refractivity contribution in [1.29, 1.82) is 0 Å². The molecule has 0 saturated heterocycles. The largest absolute Gasteiger partial charge is 0.350 e. The summed E-state index contributed by atoms with van der Waals surface area (Å²) in [5.41, 5.74) is -1.85. The monoisotopic (exact) mass is 386 g/mol. The fourth-order valence-electron chi connectivity index (χ4n) is 2.74. The van der Waals surface area contributed by atoms with Crippen LogP contribution in [-0.4, -0.2) is 43.7 Å². The van der Waals surface area contributed by atoms with E-state index in [0.29, 0.717) is 13.1 Å². The molecule has 3 rings (SSSR count). The first-order valence-electron chi connectivity index (χ1n) is 9.02. The lowest BCUT2D eigenvalue weighted by atomic mass is 10.2. The van der Waals surface area contributed by atoms with Crippen molar-refractivity contribution in [1.82, 2.24) is 29.4 Å². The van der Waals surface area contributed by atoms with Crippen LogP contribution in [-0.2, 0) is 0 Å². The summed E-state index contributed by atoms with van der Waals surface area (Å²) >= 11 is 0. The lowest BCUT2D eigenvalue weighted by Gasteiger charge is -2.06. The van der Waals surface area contributed by atoms with Crippen LogP contribution in [0.15, 0.2) is 22.2 Å². The minimum absolute atomic E-state index is 0.135. The van der Waals surface area contributed by atoms with E-state index in [1.54, 1.807) is 0 Å². The molecule has 2 N–H and O–H groups in total. The number of imidazole rings is 2. The molecular formula is C18H22N6O4. The average Bonchev–Trinajstić information content (AvgIpc) is 3.27. The lowest BCUT2D eigenvalue weighted by molar-refractivity contribution is 0.0938. The van der Waals surface area contributed by atoms with Crippen molar-refractivity contribution in [3.05, 3.63) is 44.8 Å². The first-order valence-corrected chi connectivity index (χ1v) is 9.02. The number of aromatic nitrogens is 4. The van der Waals surface area contributed by atoms with Gasteiger partial charge < -0.3 is 10.6 Å². The summed E-state index contributed by atoms with van der Waals surface area (Å²) in [5.74, 6) is -0.650. The molecule has 0 aliphatic heterocycles. The number of hydrogen-bond acceptors (Lipinski definition) is 6. The Bertz CT molecular complexity index is 1070. The normalized spacial score (nSPS) is 11.6. The Labute approximate surface area is 160 Å². The van der Waals surface area contributed by atoms with E-state index in [2.05, 4.69) is 20.6 Å². The van der Waals surface area contributed by atoms with Crippen LogP contribution >= 0.6 is 0 Å².